The third-order valence-electron chi connectivity index (χ3n) is 6.95. The number of nitrogens with zero attached hydrogens (tertiary/aromatic N) is 2. The predicted molar refractivity (Wildman–Crippen MR) is 135 cm³/mol. The second-order valence-electron chi connectivity index (χ2n) is 9.27. The first-order chi connectivity index (χ1) is 16.6. The summed E-state index contributed by atoms with van der Waals surface area (Å²) in [7, 11) is 0. The van der Waals surface area contributed by atoms with Crippen LogP contribution >= 0.6 is 12.6 Å². The fourth-order valence-electron chi connectivity index (χ4n) is 4.97. The number of benzene rings is 1. The Labute approximate surface area is 209 Å². The van der Waals surface area contributed by atoms with Gasteiger partial charge >= 0.3 is 0 Å². The van der Waals surface area contributed by atoms with Crippen LogP contribution < -0.4 is 10.6 Å². The van der Waals surface area contributed by atoms with Crippen molar-refractivity contribution in [3.8, 4) is 6.07 Å². The third-order valence-corrected chi connectivity index (χ3v) is 7.63. The molecule has 186 valence electrons. The number of thiol groups is 1. The Morgan fingerprint density at radius 2 is 1.88 bits per heavy atom. The third kappa shape index (κ3) is 8.30. The SMILES string of the molecule is N#CCNC(=O)[C@H]1CCCC[C@@H]1C(S)c1ccc(CCCC(=O)NCCN2CCOCC2)cc1. The lowest BCUT2D eigenvalue weighted by atomic mass is 9.75. The summed E-state index contributed by atoms with van der Waals surface area (Å²) in [5, 5.41) is 14.5. The van der Waals surface area contributed by atoms with Crippen LogP contribution in [0.15, 0.2) is 24.3 Å². The molecule has 1 aliphatic heterocycles. The molecule has 1 heterocycles. The maximum atomic E-state index is 12.5. The molecular weight excluding hydrogens is 448 g/mol. The minimum absolute atomic E-state index is 0.00979. The molecule has 3 atom stereocenters. The van der Waals surface area contributed by atoms with Gasteiger partial charge in [-0.25, -0.2) is 0 Å². The van der Waals surface area contributed by atoms with Gasteiger partial charge in [-0.3, -0.25) is 14.5 Å². The number of ether oxygens (including phenoxy) is 1. The largest absolute Gasteiger partial charge is 0.379 e. The molecule has 2 N–H and O–H groups in total. The highest BCUT2D eigenvalue weighted by atomic mass is 32.1. The second kappa shape index (κ2) is 14.3. The summed E-state index contributed by atoms with van der Waals surface area (Å²) in [5.41, 5.74) is 2.33. The van der Waals surface area contributed by atoms with Gasteiger partial charge < -0.3 is 15.4 Å². The number of nitriles is 1. The van der Waals surface area contributed by atoms with Gasteiger partial charge in [0, 0.05) is 43.8 Å². The van der Waals surface area contributed by atoms with Crippen molar-refractivity contribution in [3.05, 3.63) is 35.4 Å². The number of hydrogen-bond acceptors (Lipinski definition) is 6. The highest BCUT2D eigenvalue weighted by molar-refractivity contribution is 7.80. The number of aryl methyl sites for hydroxylation is 1. The summed E-state index contributed by atoms with van der Waals surface area (Å²) in [4.78, 5) is 27.0. The van der Waals surface area contributed by atoms with Crippen molar-refractivity contribution in [2.24, 2.45) is 11.8 Å². The van der Waals surface area contributed by atoms with Crippen LogP contribution in [0.2, 0.25) is 0 Å². The molecule has 2 fully saturated rings. The minimum Gasteiger partial charge on any atom is -0.379 e. The molecule has 1 aliphatic carbocycles. The van der Waals surface area contributed by atoms with Crippen molar-refractivity contribution in [2.75, 3.05) is 45.9 Å². The Morgan fingerprint density at radius 3 is 2.62 bits per heavy atom. The average Bonchev–Trinajstić information content (AvgIpc) is 2.88. The Morgan fingerprint density at radius 1 is 1.15 bits per heavy atom. The minimum atomic E-state index is -0.0916. The van der Waals surface area contributed by atoms with Gasteiger partial charge in [0.2, 0.25) is 11.8 Å². The molecule has 0 spiro atoms. The maximum Gasteiger partial charge on any atom is 0.224 e. The molecule has 1 aromatic carbocycles. The molecular formula is C26H38N4O3S. The normalized spacial score (nSPS) is 21.9. The summed E-state index contributed by atoms with van der Waals surface area (Å²) in [6, 6.07) is 10.4. The van der Waals surface area contributed by atoms with Crippen molar-refractivity contribution < 1.29 is 14.3 Å². The molecule has 1 saturated carbocycles. The van der Waals surface area contributed by atoms with Gasteiger partial charge in [0.1, 0.15) is 6.54 Å². The molecule has 0 radical (unpaired) electrons. The van der Waals surface area contributed by atoms with Crippen molar-refractivity contribution >= 4 is 24.4 Å². The van der Waals surface area contributed by atoms with Crippen molar-refractivity contribution in [1.29, 1.82) is 5.26 Å². The van der Waals surface area contributed by atoms with E-state index in [0.717, 1.165) is 76.9 Å². The van der Waals surface area contributed by atoms with Gasteiger partial charge in [-0.05, 0) is 42.7 Å². The van der Waals surface area contributed by atoms with Crippen molar-refractivity contribution in [2.45, 2.75) is 50.2 Å². The topological polar surface area (TPSA) is 94.5 Å². The fourth-order valence-corrected chi connectivity index (χ4v) is 5.50. The van der Waals surface area contributed by atoms with Crippen LogP contribution in [0.1, 0.15) is 54.9 Å². The maximum absolute atomic E-state index is 12.5. The highest BCUT2D eigenvalue weighted by Crippen LogP contribution is 2.42. The summed E-state index contributed by atoms with van der Waals surface area (Å²) >= 11 is 4.90. The van der Waals surface area contributed by atoms with Crippen molar-refractivity contribution in [3.63, 3.8) is 0 Å². The highest BCUT2D eigenvalue weighted by Gasteiger charge is 2.35. The molecule has 1 aromatic rings. The number of hydrogen-bond donors (Lipinski definition) is 3. The summed E-state index contributed by atoms with van der Waals surface area (Å²) < 4.78 is 5.34. The monoisotopic (exact) mass is 486 g/mol. The van der Waals surface area contributed by atoms with Gasteiger partial charge in [-0.1, -0.05) is 37.1 Å². The van der Waals surface area contributed by atoms with Gasteiger partial charge in [-0.15, -0.1) is 0 Å². The average molecular weight is 487 g/mol. The zero-order valence-electron chi connectivity index (χ0n) is 20.0. The van der Waals surface area contributed by atoms with E-state index in [1.807, 2.05) is 6.07 Å². The number of amides is 2. The number of nitrogens with one attached hydrogen (secondary N) is 2. The van der Waals surface area contributed by atoms with E-state index < -0.39 is 0 Å². The number of morpholine rings is 1. The quantitative estimate of drug-likeness (QED) is 0.330. The zero-order valence-corrected chi connectivity index (χ0v) is 20.9. The molecule has 0 bridgehead atoms. The van der Waals surface area contributed by atoms with Crippen LogP contribution in [0.4, 0.5) is 0 Å². The predicted octanol–water partition coefficient (Wildman–Crippen LogP) is 2.87. The van der Waals surface area contributed by atoms with Gasteiger partial charge in [0.25, 0.3) is 0 Å². The second-order valence-corrected chi connectivity index (χ2v) is 9.83. The zero-order chi connectivity index (χ0) is 24.2. The molecule has 2 aliphatic rings. The van der Waals surface area contributed by atoms with E-state index in [1.165, 1.54) is 5.56 Å². The summed E-state index contributed by atoms with van der Waals surface area (Å²) in [6.45, 7) is 5.06. The van der Waals surface area contributed by atoms with E-state index in [4.69, 9.17) is 22.6 Å². The van der Waals surface area contributed by atoms with Crippen LogP contribution in [-0.4, -0.2) is 62.7 Å². The smallest absolute Gasteiger partial charge is 0.224 e. The summed E-state index contributed by atoms with van der Waals surface area (Å²) in [6.07, 6.45) is 6.18. The Kier molecular flexibility index (Phi) is 11.2. The molecule has 1 unspecified atom stereocenters. The van der Waals surface area contributed by atoms with Crippen LogP contribution in [0.25, 0.3) is 0 Å². The molecule has 7 nitrogen and oxygen atoms in total. The van der Waals surface area contributed by atoms with Gasteiger partial charge in [0.05, 0.1) is 19.3 Å². The van der Waals surface area contributed by atoms with Crippen LogP contribution in [0, 0.1) is 23.2 Å². The number of carbonyl (C=O) groups is 2. The Balaban J connectivity index is 1.40. The van der Waals surface area contributed by atoms with Crippen LogP contribution in [0.3, 0.4) is 0 Å². The fraction of sp³-hybridized carbons (Fsp3) is 0.654. The van der Waals surface area contributed by atoms with Crippen molar-refractivity contribution in [1.82, 2.24) is 15.5 Å². The van der Waals surface area contributed by atoms with E-state index in [-0.39, 0.29) is 35.4 Å². The number of carbonyl (C=O) groups excluding carboxylic acids is 2. The lowest BCUT2D eigenvalue weighted by Crippen LogP contribution is -2.41. The molecule has 2 amide bonds. The Bertz CT molecular complexity index is 820. The van der Waals surface area contributed by atoms with Crippen LogP contribution in [-0.2, 0) is 20.7 Å². The van der Waals surface area contributed by atoms with E-state index in [1.54, 1.807) is 0 Å². The standard InChI is InChI=1S/C26H38N4O3S/c27-12-13-29-26(32)23-6-2-1-5-22(23)25(34)21-10-8-20(9-11-21)4-3-7-24(31)28-14-15-30-16-18-33-19-17-30/h8-11,22-23,25,34H,1-7,13-19H2,(H,28,31)(H,29,32)/t22-,23-,25?/m0/s1. The summed E-state index contributed by atoms with van der Waals surface area (Å²) in [5.74, 6) is 0.164. The molecule has 34 heavy (non-hydrogen) atoms. The first-order valence-electron chi connectivity index (χ1n) is 12.6. The van der Waals surface area contributed by atoms with Gasteiger partial charge in [-0.2, -0.15) is 17.9 Å². The molecule has 8 heteroatoms. The number of rotatable bonds is 11. The van der Waals surface area contributed by atoms with E-state index in [2.05, 4.69) is 39.8 Å². The van der Waals surface area contributed by atoms with E-state index in [0.29, 0.717) is 13.0 Å². The van der Waals surface area contributed by atoms with E-state index >= 15 is 0 Å². The Hall–Kier alpha value is -2.08. The lowest BCUT2D eigenvalue weighted by molar-refractivity contribution is -0.127. The van der Waals surface area contributed by atoms with E-state index in [9.17, 15) is 9.59 Å². The molecule has 0 aromatic heterocycles. The lowest BCUT2D eigenvalue weighted by Gasteiger charge is -2.34. The first-order valence-corrected chi connectivity index (χ1v) is 13.1. The van der Waals surface area contributed by atoms with Crippen LogP contribution in [0.5, 0.6) is 0 Å². The first kappa shape index (κ1) is 26.5. The van der Waals surface area contributed by atoms with Gasteiger partial charge in [0.15, 0.2) is 0 Å². The molecule has 1 saturated heterocycles. The molecule has 3 rings (SSSR count).